The number of imide groups is 2. The molecule has 224 valence electrons. The molecule has 2 saturated carbocycles. The first-order chi connectivity index (χ1) is 18.5. The molecule has 40 heavy (non-hydrogen) atoms. The Morgan fingerprint density at radius 3 is 1.27 bits per heavy atom. The molecule has 10 nitrogen and oxygen atoms in total. The van der Waals surface area contributed by atoms with E-state index in [2.05, 4.69) is 9.80 Å². The number of carbonyl (C=O) groups is 4. The first-order valence-electron chi connectivity index (χ1n) is 15.1. The molecule has 3 aliphatic heterocycles. The smallest absolute Gasteiger partial charge is 0.235 e. The first-order valence-corrected chi connectivity index (χ1v) is 15.1. The summed E-state index contributed by atoms with van der Waals surface area (Å²) in [4.78, 5) is 59.6. The second-order valence-corrected chi connectivity index (χ2v) is 14.7. The Labute approximate surface area is 238 Å². The van der Waals surface area contributed by atoms with Crippen LogP contribution in [0.4, 0.5) is 0 Å². The van der Waals surface area contributed by atoms with Crippen LogP contribution in [0.25, 0.3) is 0 Å². The SMILES string of the molecule is CC1(C)[C@H]2CC[C@@]1(C)C(=O)N(C[C@H](O)CN1CCN(C[C@H](O)CN3C(=O)[C@@H]4CC[C@@](C)(C3=O)C4(C)C)CC1)C2=O. The van der Waals surface area contributed by atoms with E-state index in [1.807, 2.05) is 41.5 Å². The molecule has 3 heterocycles. The van der Waals surface area contributed by atoms with Gasteiger partial charge in [0.1, 0.15) is 0 Å². The largest absolute Gasteiger partial charge is 0.390 e. The maximum Gasteiger partial charge on any atom is 0.235 e. The summed E-state index contributed by atoms with van der Waals surface area (Å²) in [5.74, 6) is -0.997. The van der Waals surface area contributed by atoms with E-state index >= 15 is 0 Å². The number of β-amino-alcohol motifs (C(OH)–C–C–N with tert-alkyl or cyclic N) is 2. The highest BCUT2D eigenvalue weighted by molar-refractivity contribution is 6.04. The summed E-state index contributed by atoms with van der Waals surface area (Å²) in [6, 6.07) is 0. The maximum atomic E-state index is 13.3. The molecule has 0 aromatic rings. The van der Waals surface area contributed by atoms with Crippen LogP contribution in [0.15, 0.2) is 0 Å². The minimum Gasteiger partial charge on any atom is -0.390 e. The highest BCUT2D eigenvalue weighted by Gasteiger charge is 2.65. The van der Waals surface area contributed by atoms with Gasteiger partial charge in [-0.25, -0.2) is 0 Å². The van der Waals surface area contributed by atoms with E-state index < -0.39 is 23.0 Å². The number of rotatable bonds is 8. The van der Waals surface area contributed by atoms with Crippen molar-refractivity contribution in [1.82, 2.24) is 19.6 Å². The zero-order chi connectivity index (χ0) is 29.4. The maximum absolute atomic E-state index is 13.3. The van der Waals surface area contributed by atoms with E-state index in [1.54, 1.807) is 0 Å². The number of fused-ring (bicyclic) bond motifs is 4. The van der Waals surface area contributed by atoms with Crippen molar-refractivity contribution in [3.8, 4) is 0 Å². The van der Waals surface area contributed by atoms with E-state index in [0.717, 1.165) is 0 Å². The van der Waals surface area contributed by atoms with E-state index in [9.17, 15) is 29.4 Å². The monoisotopic (exact) mass is 560 g/mol. The summed E-state index contributed by atoms with van der Waals surface area (Å²) in [5.41, 5.74) is -1.89. The molecule has 4 amide bonds. The van der Waals surface area contributed by atoms with E-state index in [-0.39, 0.29) is 59.4 Å². The van der Waals surface area contributed by atoms with Crippen molar-refractivity contribution in [3.63, 3.8) is 0 Å². The summed E-state index contributed by atoms with van der Waals surface area (Å²) >= 11 is 0. The Morgan fingerprint density at radius 1 is 0.625 bits per heavy atom. The van der Waals surface area contributed by atoms with Gasteiger partial charge in [-0.15, -0.1) is 0 Å². The lowest BCUT2D eigenvalue weighted by Gasteiger charge is -2.48. The van der Waals surface area contributed by atoms with Crippen LogP contribution in [0.1, 0.15) is 67.2 Å². The molecule has 10 heteroatoms. The van der Waals surface area contributed by atoms with Gasteiger partial charge in [-0.2, -0.15) is 0 Å². The average molecular weight is 561 g/mol. The van der Waals surface area contributed by atoms with Crippen LogP contribution in [0.5, 0.6) is 0 Å². The Morgan fingerprint density at radius 2 is 0.950 bits per heavy atom. The number of likely N-dealkylation sites (tertiary alicyclic amines) is 2. The summed E-state index contributed by atoms with van der Waals surface area (Å²) in [7, 11) is 0. The van der Waals surface area contributed by atoms with Gasteiger partial charge in [-0.1, -0.05) is 41.5 Å². The number of hydrogen-bond donors (Lipinski definition) is 2. The second kappa shape index (κ2) is 9.85. The van der Waals surface area contributed by atoms with Crippen LogP contribution in [0.3, 0.4) is 0 Å². The normalized spacial score (nSPS) is 37.4. The van der Waals surface area contributed by atoms with Crippen molar-refractivity contribution in [3.05, 3.63) is 0 Å². The predicted octanol–water partition coefficient (Wildman–Crippen LogP) is 0.948. The van der Waals surface area contributed by atoms with Crippen LogP contribution >= 0.6 is 0 Å². The lowest BCUT2D eigenvalue weighted by molar-refractivity contribution is -0.171. The van der Waals surface area contributed by atoms with Crippen molar-refractivity contribution >= 4 is 23.6 Å². The molecule has 0 aromatic carbocycles. The third-order valence-corrected chi connectivity index (χ3v) is 12.2. The molecule has 4 bridgehead atoms. The number of carbonyl (C=O) groups excluding carboxylic acids is 4. The first kappa shape index (κ1) is 29.6. The number of amides is 4. The van der Waals surface area contributed by atoms with Crippen molar-refractivity contribution in [1.29, 1.82) is 0 Å². The number of piperazine rings is 1. The highest BCUT2D eigenvalue weighted by atomic mass is 16.3. The molecule has 5 rings (SSSR count). The predicted molar refractivity (Wildman–Crippen MR) is 148 cm³/mol. The van der Waals surface area contributed by atoms with Crippen LogP contribution in [-0.2, 0) is 19.2 Å². The second-order valence-electron chi connectivity index (χ2n) is 14.7. The van der Waals surface area contributed by atoms with Crippen molar-refractivity contribution < 1.29 is 29.4 Å². The molecule has 0 aromatic heterocycles. The topological polar surface area (TPSA) is 122 Å². The highest BCUT2D eigenvalue weighted by Crippen LogP contribution is 2.61. The summed E-state index contributed by atoms with van der Waals surface area (Å²) in [6.07, 6.45) is 1.18. The zero-order valence-corrected chi connectivity index (χ0v) is 25.1. The van der Waals surface area contributed by atoms with Crippen molar-refractivity contribution in [2.75, 3.05) is 52.4 Å². The Hall–Kier alpha value is -1.88. The molecule has 0 radical (unpaired) electrons. The Kier molecular flexibility index (Phi) is 7.29. The fourth-order valence-electron chi connectivity index (χ4n) is 8.44. The van der Waals surface area contributed by atoms with Crippen LogP contribution in [-0.4, -0.2) is 118 Å². The van der Waals surface area contributed by atoms with E-state index in [4.69, 9.17) is 0 Å². The quantitative estimate of drug-likeness (QED) is 0.421. The minimum absolute atomic E-state index is 0.0212. The van der Waals surface area contributed by atoms with Gasteiger partial charge >= 0.3 is 0 Å². The number of aliphatic hydroxyl groups is 2. The molecular formula is C30H48N4O6. The number of nitrogens with zero attached hydrogens (tertiary/aromatic N) is 4. The zero-order valence-electron chi connectivity index (χ0n) is 25.1. The summed E-state index contributed by atoms with van der Waals surface area (Å²) in [5, 5.41) is 21.7. The fraction of sp³-hybridized carbons (Fsp3) is 0.867. The molecular weight excluding hydrogens is 512 g/mol. The average Bonchev–Trinajstić information content (AvgIpc) is 3.20. The van der Waals surface area contributed by atoms with E-state index in [1.165, 1.54) is 9.80 Å². The van der Waals surface area contributed by atoms with Crippen molar-refractivity contribution in [2.45, 2.75) is 79.4 Å². The van der Waals surface area contributed by atoms with Gasteiger partial charge < -0.3 is 10.2 Å². The number of aliphatic hydroxyl groups excluding tert-OH is 2. The molecule has 3 saturated heterocycles. The molecule has 0 unspecified atom stereocenters. The van der Waals surface area contributed by atoms with Crippen LogP contribution < -0.4 is 0 Å². The van der Waals surface area contributed by atoms with Gasteiger partial charge in [0.05, 0.1) is 36.1 Å². The van der Waals surface area contributed by atoms with Gasteiger partial charge in [0, 0.05) is 51.1 Å². The van der Waals surface area contributed by atoms with E-state index in [0.29, 0.717) is 65.0 Å². The number of hydrogen-bond acceptors (Lipinski definition) is 8. The third kappa shape index (κ3) is 4.27. The molecule has 2 N–H and O–H groups in total. The van der Waals surface area contributed by atoms with Crippen molar-refractivity contribution in [2.24, 2.45) is 33.5 Å². The fourth-order valence-corrected chi connectivity index (χ4v) is 8.44. The lowest BCUT2D eigenvalue weighted by Crippen LogP contribution is -2.61. The lowest BCUT2D eigenvalue weighted by atomic mass is 9.62. The third-order valence-electron chi connectivity index (χ3n) is 12.2. The molecule has 5 fully saturated rings. The number of piperidine rings is 2. The van der Waals surface area contributed by atoms with Gasteiger partial charge in [0.2, 0.25) is 23.6 Å². The minimum atomic E-state index is -0.827. The Bertz CT molecular complexity index is 1000. The van der Waals surface area contributed by atoms with Gasteiger partial charge in [-0.3, -0.25) is 38.8 Å². The van der Waals surface area contributed by atoms with Gasteiger partial charge in [-0.05, 0) is 36.5 Å². The molecule has 6 atom stereocenters. The van der Waals surface area contributed by atoms with Gasteiger partial charge in [0.25, 0.3) is 0 Å². The molecule has 5 aliphatic rings. The summed E-state index contributed by atoms with van der Waals surface area (Å²) in [6.45, 7) is 15.4. The molecule has 0 spiro atoms. The van der Waals surface area contributed by atoms with Gasteiger partial charge in [0.15, 0.2) is 0 Å². The van der Waals surface area contributed by atoms with Crippen LogP contribution in [0.2, 0.25) is 0 Å². The molecule has 2 aliphatic carbocycles. The summed E-state index contributed by atoms with van der Waals surface area (Å²) < 4.78 is 0. The standard InChI is InChI=1S/C30H48N4O6/c1-27(2)21-7-9-29(27,5)25(39)33(23(21)37)17-19(35)15-31-11-13-32(14-12-31)16-20(36)18-34-24(38)22-8-10-30(6,26(34)40)28(22,3)4/h19-22,35-36H,7-18H2,1-6H3/t19-,20+,21-,22-,29-,30-/m0/s1. The Balaban J connectivity index is 1.09. The van der Waals surface area contributed by atoms with Crippen LogP contribution in [0, 0.1) is 33.5 Å².